The monoisotopic (exact) mass is 381 g/mol. The van der Waals surface area contributed by atoms with E-state index in [9.17, 15) is 0 Å². The molecule has 5 nitrogen and oxygen atoms in total. The second-order valence-corrected chi connectivity index (χ2v) is 9.38. The molecular formula is C23H27NO4. The molecule has 0 radical (unpaired) electrons. The van der Waals surface area contributed by atoms with Crippen molar-refractivity contribution < 1.29 is 18.9 Å². The molecule has 1 saturated heterocycles. The smallest absolute Gasteiger partial charge is 0.240 e. The molecule has 1 aromatic carbocycles. The highest BCUT2D eigenvalue weighted by Crippen LogP contribution is 2.53. The molecule has 0 N–H and O–H groups in total. The number of nitrogens with zero attached hydrogens (tertiary/aromatic N) is 1. The van der Waals surface area contributed by atoms with E-state index in [0.717, 1.165) is 35.4 Å². The molecular weight excluding hydrogens is 354 g/mol. The maximum Gasteiger partial charge on any atom is 0.240 e. The van der Waals surface area contributed by atoms with Gasteiger partial charge in [-0.3, -0.25) is 4.98 Å². The van der Waals surface area contributed by atoms with E-state index in [1.807, 2.05) is 38.1 Å². The largest absolute Gasteiger partial charge is 0.459 e. The molecule has 5 rings (SSSR count). The maximum atomic E-state index is 6.55. The summed E-state index contributed by atoms with van der Waals surface area (Å²) in [5, 5.41) is 0. The van der Waals surface area contributed by atoms with Crippen molar-refractivity contribution >= 4 is 0 Å². The number of pyridine rings is 1. The van der Waals surface area contributed by atoms with Gasteiger partial charge >= 0.3 is 0 Å². The van der Waals surface area contributed by atoms with Crippen molar-refractivity contribution in [1.29, 1.82) is 0 Å². The Balaban J connectivity index is 1.49. The van der Waals surface area contributed by atoms with Crippen LogP contribution in [0.5, 0.6) is 5.75 Å². The summed E-state index contributed by atoms with van der Waals surface area (Å²) in [7, 11) is 0. The topological polar surface area (TPSA) is 49.8 Å². The van der Waals surface area contributed by atoms with E-state index in [2.05, 4.69) is 31.0 Å². The van der Waals surface area contributed by atoms with E-state index in [4.69, 9.17) is 18.9 Å². The molecule has 1 aliphatic carbocycles. The van der Waals surface area contributed by atoms with Crippen molar-refractivity contribution in [3.8, 4) is 17.0 Å². The quantitative estimate of drug-likeness (QED) is 0.717. The molecule has 2 aromatic rings. The maximum absolute atomic E-state index is 6.55. The summed E-state index contributed by atoms with van der Waals surface area (Å²) >= 11 is 0. The van der Waals surface area contributed by atoms with Gasteiger partial charge in [0.2, 0.25) is 5.79 Å². The third kappa shape index (κ3) is 3.02. The Morgan fingerprint density at radius 1 is 1.04 bits per heavy atom. The van der Waals surface area contributed by atoms with Crippen LogP contribution < -0.4 is 4.74 Å². The summed E-state index contributed by atoms with van der Waals surface area (Å²) in [4.78, 5) is 4.44. The van der Waals surface area contributed by atoms with Gasteiger partial charge < -0.3 is 18.9 Å². The van der Waals surface area contributed by atoms with Crippen molar-refractivity contribution in [1.82, 2.24) is 4.98 Å². The normalized spacial score (nSPS) is 32.4. The molecule has 3 aliphatic rings. The summed E-state index contributed by atoms with van der Waals surface area (Å²) in [6, 6.07) is 12.1. The summed E-state index contributed by atoms with van der Waals surface area (Å²) in [5.41, 5.74) is 3.08. The van der Waals surface area contributed by atoms with E-state index in [0.29, 0.717) is 6.61 Å². The Labute approximate surface area is 166 Å². The summed E-state index contributed by atoms with van der Waals surface area (Å²) in [6.45, 7) is 8.89. The van der Waals surface area contributed by atoms with Crippen LogP contribution in [0.2, 0.25) is 0 Å². The third-order valence-corrected chi connectivity index (χ3v) is 5.87. The fraction of sp³-hybridized carbons (Fsp3) is 0.522. The zero-order valence-electron chi connectivity index (χ0n) is 16.9. The van der Waals surface area contributed by atoms with Crippen LogP contribution in [-0.4, -0.2) is 28.8 Å². The van der Waals surface area contributed by atoms with Crippen LogP contribution in [0.15, 0.2) is 42.6 Å². The summed E-state index contributed by atoms with van der Waals surface area (Å²) in [5.74, 6) is -0.589. The average Bonchev–Trinajstić information content (AvgIpc) is 2.95. The number of rotatable bonds is 1. The van der Waals surface area contributed by atoms with Gasteiger partial charge in [-0.05, 0) is 56.0 Å². The Bertz CT molecular complexity index is 895. The predicted octanol–water partition coefficient (Wildman–Crippen LogP) is 4.69. The molecule has 0 unspecified atom stereocenters. The minimum atomic E-state index is -0.820. The fourth-order valence-electron chi connectivity index (χ4n) is 4.87. The van der Waals surface area contributed by atoms with Crippen LogP contribution in [-0.2, 0) is 20.8 Å². The molecule has 3 heterocycles. The minimum absolute atomic E-state index is 0.0342. The zero-order valence-corrected chi connectivity index (χ0v) is 16.9. The lowest BCUT2D eigenvalue weighted by molar-refractivity contribution is -0.295. The van der Waals surface area contributed by atoms with E-state index >= 15 is 0 Å². The van der Waals surface area contributed by atoms with Gasteiger partial charge in [-0.15, -0.1) is 0 Å². The fourth-order valence-corrected chi connectivity index (χ4v) is 4.87. The van der Waals surface area contributed by atoms with E-state index < -0.39 is 11.6 Å². The number of hydrogen-bond acceptors (Lipinski definition) is 5. The molecule has 1 spiro atoms. The molecule has 3 atom stereocenters. The minimum Gasteiger partial charge on any atom is -0.459 e. The number of hydrogen-bond donors (Lipinski definition) is 0. The number of ether oxygens (including phenoxy) is 4. The Kier molecular flexibility index (Phi) is 3.89. The molecule has 1 saturated carbocycles. The van der Waals surface area contributed by atoms with Crippen molar-refractivity contribution in [2.75, 3.05) is 0 Å². The Morgan fingerprint density at radius 3 is 2.68 bits per heavy atom. The number of benzene rings is 1. The second kappa shape index (κ2) is 6.02. The van der Waals surface area contributed by atoms with Gasteiger partial charge in [0.05, 0.1) is 18.4 Å². The SMILES string of the molecule is CC1(C)C[C@H]2OC(C)(C)O[C@H]2[C@]2(C1)OCc1cc(-c3ccccn3)ccc1O2. The van der Waals surface area contributed by atoms with Gasteiger partial charge in [0.15, 0.2) is 11.9 Å². The first-order valence-electron chi connectivity index (χ1n) is 9.98. The lowest BCUT2D eigenvalue weighted by Gasteiger charge is -2.50. The van der Waals surface area contributed by atoms with E-state index in [1.165, 1.54) is 0 Å². The highest BCUT2D eigenvalue weighted by atomic mass is 16.8. The number of fused-ring (bicyclic) bond motifs is 3. The molecule has 5 heteroatoms. The molecule has 148 valence electrons. The molecule has 2 aliphatic heterocycles. The Morgan fingerprint density at radius 2 is 1.89 bits per heavy atom. The zero-order chi connectivity index (χ0) is 19.6. The van der Waals surface area contributed by atoms with Crippen LogP contribution in [0.1, 0.15) is 46.1 Å². The standard InChI is InChI=1S/C23H27NO4/c1-21(2)12-19-20(28-22(3,4)26-19)23(14-21)25-13-16-11-15(8-9-18(16)27-23)17-7-5-6-10-24-17/h5-11,19-20H,12-14H2,1-4H3/t19-,20-,23-/m1/s1. The van der Waals surface area contributed by atoms with E-state index in [-0.39, 0.29) is 17.6 Å². The van der Waals surface area contributed by atoms with Gasteiger partial charge in [0.25, 0.3) is 0 Å². The molecule has 0 amide bonds. The average molecular weight is 381 g/mol. The van der Waals surface area contributed by atoms with Crippen LogP contribution >= 0.6 is 0 Å². The van der Waals surface area contributed by atoms with Gasteiger partial charge in [-0.2, -0.15) is 0 Å². The summed E-state index contributed by atoms with van der Waals surface area (Å²) < 4.78 is 25.4. The first kappa shape index (κ1) is 18.1. The lowest BCUT2D eigenvalue weighted by Crippen LogP contribution is -2.61. The van der Waals surface area contributed by atoms with Crippen LogP contribution in [0, 0.1) is 5.41 Å². The highest BCUT2D eigenvalue weighted by molar-refractivity contribution is 5.62. The third-order valence-electron chi connectivity index (χ3n) is 5.87. The molecule has 2 fully saturated rings. The molecule has 28 heavy (non-hydrogen) atoms. The first-order valence-corrected chi connectivity index (χ1v) is 9.98. The summed E-state index contributed by atoms with van der Waals surface area (Å²) in [6.07, 6.45) is 3.23. The van der Waals surface area contributed by atoms with Gasteiger partial charge in [-0.1, -0.05) is 19.9 Å². The van der Waals surface area contributed by atoms with Crippen molar-refractivity contribution in [3.05, 3.63) is 48.2 Å². The highest BCUT2D eigenvalue weighted by Gasteiger charge is 2.62. The lowest BCUT2D eigenvalue weighted by atomic mass is 9.71. The van der Waals surface area contributed by atoms with Crippen molar-refractivity contribution in [3.63, 3.8) is 0 Å². The van der Waals surface area contributed by atoms with Crippen LogP contribution in [0.4, 0.5) is 0 Å². The van der Waals surface area contributed by atoms with Gasteiger partial charge in [0, 0.05) is 23.7 Å². The second-order valence-electron chi connectivity index (χ2n) is 9.38. The first-order chi connectivity index (χ1) is 13.3. The van der Waals surface area contributed by atoms with Crippen LogP contribution in [0.3, 0.4) is 0 Å². The van der Waals surface area contributed by atoms with Crippen molar-refractivity contribution in [2.45, 2.75) is 70.9 Å². The van der Waals surface area contributed by atoms with E-state index in [1.54, 1.807) is 6.20 Å². The predicted molar refractivity (Wildman–Crippen MR) is 105 cm³/mol. The molecule has 0 bridgehead atoms. The van der Waals surface area contributed by atoms with Crippen molar-refractivity contribution in [2.24, 2.45) is 5.41 Å². The van der Waals surface area contributed by atoms with Gasteiger partial charge in [0.1, 0.15) is 5.75 Å². The molecule has 1 aromatic heterocycles. The Hall–Kier alpha value is -1.95. The van der Waals surface area contributed by atoms with Gasteiger partial charge in [-0.25, -0.2) is 0 Å². The number of aromatic nitrogens is 1. The van der Waals surface area contributed by atoms with Crippen LogP contribution in [0.25, 0.3) is 11.3 Å².